The van der Waals surface area contributed by atoms with Crippen molar-refractivity contribution in [2.24, 2.45) is 0 Å². The van der Waals surface area contributed by atoms with Crippen LogP contribution in [-0.4, -0.2) is 26.9 Å². The van der Waals surface area contributed by atoms with E-state index in [1.54, 1.807) is 7.11 Å². The first kappa shape index (κ1) is 16.2. The zero-order chi connectivity index (χ0) is 14.1. The van der Waals surface area contributed by atoms with Gasteiger partial charge in [0.1, 0.15) is 12.4 Å². The molecule has 0 bridgehead atoms. The summed E-state index contributed by atoms with van der Waals surface area (Å²) in [6.07, 6.45) is 0.936. The highest BCUT2D eigenvalue weighted by Gasteiger charge is 2.08. The predicted molar refractivity (Wildman–Crippen MR) is 82.7 cm³/mol. The standard InChI is InChI=1S/C15H22BrNO2/c1-4-12(2)11-19-15-13(6-5-7-14(15)16)10-17-8-9-18-3/h5-7,17H,2,4,8-11H2,1,3H3. The van der Waals surface area contributed by atoms with Crippen molar-refractivity contribution in [2.45, 2.75) is 19.9 Å². The van der Waals surface area contributed by atoms with Crippen LogP contribution in [0.15, 0.2) is 34.8 Å². The number of nitrogens with one attached hydrogen (secondary N) is 1. The molecule has 0 fully saturated rings. The molecular formula is C15H22BrNO2. The Hall–Kier alpha value is -0.840. The van der Waals surface area contributed by atoms with E-state index in [4.69, 9.17) is 9.47 Å². The molecule has 1 rings (SSSR count). The molecule has 0 aliphatic heterocycles. The molecule has 0 heterocycles. The molecule has 0 radical (unpaired) electrons. The van der Waals surface area contributed by atoms with Crippen molar-refractivity contribution in [3.8, 4) is 5.75 Å². The summed E-state index contributed by atoms with van der Waals surface area (Å²) >= 11 is 3.53. The van der Waals surface area contributed by atoms with Crippen LogP contribution in [0.3, 0.4) is 0 Å². The van der Waals surface area contributed by atoms with Crippen LogP contribution in [0.4, 0.5) is 0 Å². The van der Waals surface area contributed by atoms with E-state index in [1.807, 2.05) is 12.1 Å². The van der Waals surface area contributed by atoms with E-state index in [1.165, 1.54) is 0 Å². The van der Waals surface area contributed by atoms with Crippen molar-refractivity contribution >= 4 is 15.9 Å². The molecule has 0 spiro atoms. The molecule has 19 heavy (non-hydrogen) atoms. The maximum absolute atomic E-state index is 5.86. The third-order valence-electron chi connectivity index (χ3n) is 2.77. The predicted octanol–water partition coefficient (Wildman–Crippen LogP) is 3.53. The number of hydrogen-bond donors (Lipinski definition) is 1. The average Bonchev–Trinajstić information content (AvgIpc) is 2.42. The van der Waals surface area contributed by atoms with Crippen LogP contribution in [0, 0.1) is 0 Å². The summed E-state index contributed by atoms with van der Waals surface area (Å²) in [6.45, 7) is 8.89. The first-order valence-electron chi connectivity index (χ1n) is 6.45. The van der Waals surface area contributed by atoms with Gasteiger partial charge in [-0.3, -0.25) is 0 Å². The van der Waals surface area contributed by atoms with Crippen molar-refractivity contribution in [3.63, 3.8) is 0 Å². The highest BCUT2D eigenvalue weighted by atomic mass is 79.9. The SMILES string of the molecule is C=C(CC)COc1c(Br)cccc1CNCCOC. The molecule has 1 aromatic carbocycles. The van der Waals surface area contributed by atoms with E-state index in [2.05, 4.69) is 40.8 Å². The number of ether oxygens (including phenoxy) is 2. The highest BCUT2D eigenvalue weighted by molar-refractivity contribution is 9.10. The van der Waals surface area contributed by atoms with Crippen LogP contribution in [0.5, 0.6) is 5.75 Å². The fourth-order valence-electron chi connectivity index (χ4n) is 1.53. The zero-order valence-electron chi connectivity index (χ0n) is 11.7. The smallest absolute Gasteiger partial charge is 0.138 e. The van der Waals surface area contributed by atoms with Gasteiger partial charge >= 0.3 is 0 Å². The van der Waals surface area contributed by atoms with Crippen LogP contribution >= 0.6 is 15.9 Å². The van der Waals surface area contributed by atoms with Crippen molar-refractivity contribution in [1.29, 1.82) is 0 Å². The summed E-state index contributed by atoms with van der Waals surface area (Å²) in [6, 6.07) is 6.07. The van der Waals surface area contributed by atoms with Crippen molar-refractivity contribution < 1.29 is 9.47 Å². The summed E-state index contributed by atoms with van der Waals surface area (Å²) in [5.41, 5.74) is 2.23. The first-order valence-corrected chi connectivity index (χ1v) is 7.24. The molecule has 4 heteroatoms. The lowest BCUT2D eigenvalue weighted by Gasteiger charge is -2.14. The monoisotopic (exact) mass is 327 g/mol. The summed E-state index contributed by atoms with van der Waals surface area (Å²) in [5.74, 6) is 0.891. The van der Waals surface area contributed by atoms with Crippen molar-refractivity contribution in [1.82, 2.24) is 5.32 Å². The van der Waals surface area contributed by atoms with Gasteiger partial charge < -0.3 is 14.8 Å². The minimum atomic E-state index is 0.560. The molecule has 0 amide bonds. The summed E-state index contributed by atoms with van der Waals surface area (Å²) in [7, 11) is 1.70. The minimum Gasteiger partial charge on any atom is -0.488 e. The summed E-state index contributed by atoms with van der Waals surface area (Å²) < 4.78 is 11.8. The molecule has 0 aliphatic carbocycles. The van der Waals surface area contributed by atoms with E-state index < -0.39 is 0 Å². The molecule has 106 valence electrons. The third kappa shape index (κ3) is 5.76. The van der Waals surface area contributed by atoms with Gasteiger partial charge in [-0.05, 0) is 34.0 Å². The number of methoxy groups -OCH3 is 1. The molecule has 0 saturated heterocycles. The van der Waals surface area contributed by atoms with E-state index in [0.717, 1.165) is 40.9 Å². The first-order chi connectivity index (χ1) is 9.19. The Balaban J connectivity index is 2.63. The van der Waals surface area contributed by atoms with Crippen LogP contribution < -0.4 is 10.1 Å². The van der Waals surface area contributed by atoms with Gasteiger partial charge in [0.15, 0.2) is 0 Å². The minimum absolute atomic E-state index is 0.560. The number of halogens is 1. The summed E-state index contributed by atoms with van der Waals surface area (Å²) in [4.78, 5) is 0. The molecule has 0 unspecified atom stereocenters. The van der Waals surface area contributed by atoms with Gasteiger partial charge in [0, 0.05) is 25.8 Å². The largest absolute Gasteiger partial charge is 0.488 e. The van der Waals surface area contributed by atoms with Gasteiger partial charge in [-0.1, -0.05) is 25.6 Å². The Bertz CT molecular complexity index is 407. The molecule has 3 nitrogen and oxygen atoms in total. The van der Waals surface area contributed by atoms with Crippen LogP contribution in [-0.2, 0) is 11.3 Å². The topological polar surface area (TPSA) is 30.5 Å². The molecule has 0 atom stereocenters. The molecule has 0 aromatic heterocycles. The second-order valence-corrected chi connectivity index (χ2v) is 5.14. The van der Waals surface area contributed by atoms with Gasteiger partial charge in [-0.25, -0.2) is 0 Å². The van der Waals surface area contributed by atoms with E-state index >= 15 is 0 Å². The maximum Gasteiger partial charge on any atom is 0.138 e. The lowest BCUT2D eigenvalue weighted by molar-refractivity contribution is 0.199. The Labute approximate surface area is 124 Å². The number of rotatable bonds is 9. The second-order valence-electron chi connectivity index (χ2n) is 4.29. The van der Waals surface area contributed by atoms with E-state index in [9.17, 15) is 0 Å². The number of hydrogen-bond acceptors (Lipinski definition) is 3. The van der Waals surface area contributed by atoms with Crippen LogP contribution in [0.2, 0.25) is 0 Å². The van der Waals surface area contributed by atoms with Crippen molar-refractivity contribution in [3.05, 3.63) is 40.4 Å². The normalized spacial score (nSPS) is 10.5. The van der Waals surface area contributed by atoms with Crippen molar-refractivity contribution in [2.75, 3.05) is 26.9 Å². The quantitative estimate of drug-likeness (QED) is 0.556. The van der Waals surface area contributed by atoms with Gasteiger partial charge in [0.05, 0.1) is 11.1 Å². The maximum atomic E-state index is 5.86. The molecule has 0 aliphatic rings. The molecule has 0 saturated carbocycles. The fraction of sp³-hybridized carbons (Fsp3) is 0.467. The van der Waals surface area contributed by atoms with Gasteiger partial charge in [0.25, 0.3) is 0 Å². The third-order valence-corrected chi connectivity index (χ3v) is 3.39. The number of para-hydroxylation sites is 1. The van der Waals surface area contributed by atoms with E-state index in [0.29, 0.717) is 13.2 Å². The Morgan fingerprint density at radius 1 is 1.42 bits per heavy atom. The highest BCUT2D eigenvalue weighted by Crippen LogP contribution is 2.29. The zero-order valence-corrected chi connectivity index (χ0v) is 13.3. The van der Waals surface area contributed by atoms with Gasteiger partial charge in [0.2, 0.25) is 0 Å². The van der Waals surface area contributed by atoms with Gasteiger partial charge in [-0.15, -0.1) is 0 Å². The van der Waals surface area contributed by atoms with E-state index in [-0.39, 0.29) is 0 Å². The fourth-order valence-corrected chi connectivity index (χ4v) is 2.05. The van der Waals surface area contributed by atoms with Crippen LogP contribution in [0.1, 0.15) is 18.9 Å². The Morgan fingerprint density at radius 3 is 2.89 bits per heavy atom. The Kier molecular flexibility index (Phi) is 7.79. The Morgan fingerprint density at radius 2 is 2.21 bits per heavy atom. The number of benzene rings is 1. The molecule has 1 N–H and O–H groups in total. The van der Waals surface area contributed by atoms with Gasteiger partial charge in [-0.2, -0.15) is 0 Å². The average molecular weight is 328 g/mol. The molecular weight excluding hydrogens is 306 g/mol. The lowest BCUT2D eigenvalue weighted by Crippen LogP contribution is -2.19. The summed E-state index contributed by atoms with van der Waals surface area (Å²) in [5, 5.41) is 3.32. The second kappa shape index (κ2) is 9.13. The lowest BCUT2D eigenvalue weighted by atomic mass is 10.2. The molecule has 1 aromatic rings. The van der Waals surface area contributed by atoms with Crippen LogP contribution in [0.25, 0.3) is 0 Å².